The number of rotatable bonds is 3. The Morgan fingerprint density at radius 2 is 1.85 bits per heavy atom. The quantitative estimate of drug-likeness (QED) is 0.897. The first-order valence-corrected chi connectivity index (χ1v) is 9.45. The number of hydrogen-bond donors (Lipinski definition) is 1. The standard InChI is InChI=1S/C19H21N3O3S/c1-12-6-13(2)8-15(7-12)20-18(24)16-10-26-11-22(16)19(25)14-4-5-17(23)21(3)9-14/h4-9,16H,10-11H2,1-3H3,(H,20,24). The molecule has 7 heteroatoms. The number of carbonyl (C=O) groups excluding carboxylic acids is 2. The molecule has 1 aliphatic heterocycles. The molecule has 0 radical (unpaired) electrons. The first-order chi connectivity index (χ1) is 12.3. The summed E-state index contributed by atoms with van der Waals surface area (Å²) in [5.74, 6) is 0.560. The molecule has 0 spiro atoms. The maximum absolute atomic E-state index is 12.8. The van der Waals surface area contributed by atoms with Crippen molar-refractivity contribution in [3.8, 4) is 0 Å². The lowest BCUT2D eigenvalue weighted by atomic mass is 10.1. The van der Waals surface area contributed by atoms with E-state index in [0.29, 0.717) is 17.2 Å². The van der Waals surface area contributed by atoms with E-state index < -0.39 is 6.04 Å². The highest BCUT2D eigenvalue weighted by Crippen LogP contribution is 2.24. The van der Waals surface area contributed by atoms with Gasteiger partial charge in [0.2, 0.25) is 11.5 Å². The topological polar surface area (TPSA) is 71.4 Å². The Morgan fingerprint density at radius 1 is 1.15 bits per heavy atom. The third-order valence-corrected chi connectivity index (χ3v) is 5.28. The van der Waals surface area contributed by atoms with Gasteiger partial charge in [0.05, 0.1) is 11.4 Å². The van der Waals surface area contributed by atoms with Crippen LogP contribution in [0.15, 0.2) is 41.3 Å². The van der Waals surface area contributed by atoms with Crippen LogP contribution in [0.4, 0.5) is 5.69 Å². The van der Waals surface area contributed by atoms with Crippen LogP contribution in [0.5, 0.6) is 0 Å². The van der Waals surface area contributed by atoms with Gasteiger partial charge in [-0.15, -0.1) is 11.8 Å². The lowest BCUT2D eigenvalue weighted by molar-refractivity contribution is -0.119. The van der Waals surface area contributed by atoms with Crippen molar-refractivity contribution in [2.75, 3.05) is 16.9 Å². The highest BCUT2D eigenvalue weighted by Gasteiger charge is 2.35. The number of nitrogens with zero attached hydrogens (tertiary/aromatic N) is 2. The van der Waals surface area contributed by atoms with Crippen LogP contribution >= 0.6 is 11.8 Å². The number of nitrogens with one attached hydrogen (secondary N) is 1. The minimum Gasteiger partial charge on any atom is -0.324 e. The van der Waals surface area contributed by atoms with Crippen LogP contribution in [-0.2, 0) is 11.8 Å². The van der Waals surface area contributed by atoms with Crippen molar-refractivity contribution >= 4 is 29.3 Å². The van der Waals surface area contributed by atoms with Gasteiger partial charge < -0.3 is 14.8 Å². The number of aromatic nitrogens is 1. The maximum atomic E-state index is 12.8. The Balaban J connectivity index is 1.78. The first-order valence-electron chi connectivity index (χ1n) is 8.30. The monoisotopic (exact) mass is 371 g/mol. The number of benzene rings is 1. The Bertz CT molecular complexity index is 902. The van der Waals surface area contributed by atoms with Crippen molar-refractivity contribution in [1.82, 2.24) is 9.47 Å². The molecule has 6 nitrogen and oxygen atoms in total. The minimum atomic E-state index is -0.537. The summed E-state index contributed by atoms with van der Waals surface area (Å²) in [5.41, 5.74) is 3.10. The predicted octanol–water partition coefficient (Wildman–Crippen LogP) is 2.16. The van der Waals surface area contributed by atoms with Gasteiger partial charge in [0.15, 0.2) is 0 Å². The van der Waals surface area contributed by atoms with Crippen molar-refractivity contribution in [2.24, 2.45) is 7.05 Å². The van der Waals surface area contributed by atoms with Crippen LogP contribution in [0, 0.1) is 13.8 Å². The van der Waals surface area contributed by atoms with Gasteiger partial charge >= 0.3 is 0 Å². The fourth-order valence-corrected chi connectivity index (χ4v) is 4.17. The molecule has 0 aliphatic carbocycles. The molecule has 1 atom stereocenters. The summed E-state index contributed by atoms with van der Waals surface area (Å²) in [6.07, 6.45) is 1.51. The molecule has 0 bridgehead atoms. The van der Waals surface area contributed by atoms with Crippen LogP contribution < -0.4 is 10.9 Å². The summed E-state index contributed by atoms with van der Waals surface area (Å²) in [5, 5.41) is 2.92. The summed E-state index contributed by atoms with van der Waals surface area (Å²) < 4.78 is 1.36. The number of aryl methyl sites for hydroxylation is 3. The van der Waals surface area contributed by atoms with E-state index in [-0.39, 0.29) is 17.4 Å². The number of carbonyl (C=O) groups is 2. The van der Waals surface area contributed by atoms with E-state index in [1.165, 1.54) is 22.9 Å². The summed E-state index contributed by atoms with van der Waals surface area (Å²) in [4.78, 5) is 38.6. The van der Waals surface area contributed by atoms with Gasteiger partial charge in [-0.1, -0.05) is 6.07 Å². The van der Waals surface area contributed by atoms with Crippen LogP contribution in [-0.4, -0.2) is 39.0 Å². The predicted molar refractivity (Wildman–Crippen MR) is 104 cm³/mol. The molecular formula is C19H21N3O3S. The molecule has 3 rings (SSSR count). The number of hydrogen-bond acceptors (Lipinski definition) is 4. The van der Waals surface area contributed by atoms with Gasteiger partial charge in [0, 0.05) is 30.8 Å². The van der Waals surface area contributed by atoms with E-state index in [2.05, 4.69) is 5.32 Å². The Morgan fingerprint density at radius 3 is 2.50 bits per heavy atom. The maximum Gasteiger partial charge on any atom is 0.256 e. The fraction of sp³-hybridized carbons (Fsp3) is 0.316. The molecule has 1 aromatic carbocycles. The summed E-state index contributed by atoms with van der Waals surface area (Å²) in [6, 6.07) is 8.19. The average molecular weight is 371 g/mol. The van der Waals surface area contributed by atoms with E-state index in [1.54, 1.807) is 23.7 Å². The summed E-state index contributed by atoms with van der Waals surface area (Å²) >= 11 is 1.54. The van der Waals surface area contributed by atoms with E-state index >= 15 is 0 Å². The fourth-order valence-electron chi connectivity index (χ4n) is 3.02. The Hall–Kier alpha value is -2.54. The van der Waals surface area contributed by atoms with Gasteiger partial charge in [-0.3, -0.25) is 14.4 Å². The number of anilines is 1. The number of pyridine rings is 1. The lowest BCUT2D eigenvalue weighted by Crippen LogP contribution is -2.44. The Kier molecular flexibility index (Phi) is 5.18. The third-order valence-electron chi connectivity index (χ3n) is 4.27. The van der Waals surface area contributed by atoms with Gasteiger partial charge in [0.25, 0.3) is 5.91 Å². The molecule has 136 valence electrons. The molecule has 26 heavy (non-hydrogen) atoms. The molecule has 2 aromatic rings. The number of amides is 2. The van der Waals surface area contributed by atoms with Gasteiger partial charge in [0.1, 0.15) is 6.04 Å². The highest BCUT2D eigenvalue weighted by atomic mass is 32.2. The average Bonchev–Trinajstić information content (AvgIpc) is 3.05. The van der Waals surface area contributed by atoms with E-state index in [4.69, 9.17) is 0 Å². The highest BCUT2D eigenvalue weighted by molar-refractivity contribution is 7.99. The molecular weight excluding hydrogens is 350 g/mol. The van der Waals surface area contributed by atoms with E-state index in [9.17, 15) is 14.4 Å². The molecule has 1 N–H and O–H groups in total. The zero-order valence-corrected chi connectivity index (χ0v) is 15.8. The van der Waals surface area contributed by atoms with Crippen LogP contribution in [0.25, 0.3) is 0 Å². The van der Waals surface area contributed by atoms with Crippen LogP contribution in [0.3, 0.4) is 0 Å². The molecule has 1 unspecified atom stereocenters. The molecule has 1 aliphatic rings. The van der Waals surface area contributed by atoms with Gasteiger partial charge in [-0.2, -0.15) is 0 Å². The van der Waals surface area contributed by atoms with Crippen molar-refractivity contribution < 1.29 is 9.59 Å². The van der Waals surface area contributed by atoms with Crippen LogP contribution in [0.2, 0.25) is 0 Å². The number of thioether (sulfide) groups is 1. The SMILES string of the molecule is Cc1cc(C)cc(NC(=O)C2CSCN2C(=O)c2ccc(=O)n(C)c2)c1. The van der Waals surface area contributed by atoms with Crippen LogP contribution in [0.1, 0.15) is 21.5 Å². The second-order valence-corrected chi connectivity index (χ2v) is 7.52. The first kappa shape index (κ1) is 18.3. The molecule has 2 amide bonds. The van der Waals surface area contributed by atoms with Crippen molar-refractivity contribution in [3.63, 3.8) is 0 Å². The molecule has 1 saturated heterocycles. The molecule has 1 aromatic heterocycles. The molecule has 0 saturated carbocycles. The normalized spacial score (nSPS) is 16.6. The van der Waals surface area contributed by atoms with Crippen molar-refractivity contribution in [2.45, 2.75) is 19.9 Å². The largest absolute Gasteiger partial charge is 0.324 e. The van der Waals surface area contributed by atoms with Crippen molar-refractivity contribution in [3.05, 3.63) is 63.6 Å². The third kappa shape index (κ3) is 3.83. The van der Waals surface area contributed by atoms with Gasteiger partial charge in [-0.25, -0.2) is 0 Å². The second-order valence-electron chi connectivity index (χ2n) is 6.52. The van der Waals surface area contributed by atoms with E-state index in [1.807, 2.05) is 32.0 Å². The Labute approximate surface area is 156 Å². The zero-order valence-electron chi connectivity index (χ0n) is 15.0. The lowest BCUT2D eigenvalue weighted by Gasteiger charge is -2.23. The zero-order chi connectivity index (χ0) is 18.8. The van der Waals surface area contributed by atoms with Gasteiger partial charge in [-0.05, 0) is 43.2 Å². The smallest absolute Gasteiger partial charge is 0.256 e. The summed E-state index contributed by atoms with van der Waals surface area (Å²) in [6.45, 7) is 3.95. The van der Waals surface area contributed by atoms with E-state index in [0.717, 1.165) is 16.8 Å². The minimum absolute atomic E-state index is 0.179. The summed E-state index contributed by atoms with van der Waals surface area (Å²) in [7, 11) is 1.60. The molecule has 1 fully saturated rings. The van der Waals surface area contributed by atoms with Crippen molar-refractivity contribution in [1.29, 1.82) is 0 Å². The second kappa shape index (κ2) is 7.37. The molecule has 2 heterocycles.